The first-order chi connectivity index (χ1) is 17.0. The molecule has 1 N–H and O–H groups in total. The second kappa shape index (κ2) is 11.1. The van der Waals surface area contributed by atoms with E-state index < -0.39 is 17.7 Å². The molecule has 0 aliphatic carbocycles. The van der Waals surface area contributed by atoms with Crippen LogP contribution in [-0.4, -0.2) is 37.2 Å². The van der Waals surface area contributed by atoms with E-state index in [1.807, 2.05) is 49.4 Å². The maximum Gasteiger partial charge on any atom is 0.414 e. The fourth-order valence-electron chi connectivity index (χ4n) is 3.55. The zero-order valence-electron chi connectivity index (χ0n) is 21.5. The van der Waals surface area contributed by atoms with Crippen molar-refractivity contribution in [2.24, 2.45) is 0 Å². The topological polar surface area (TPSA) is 84.9 Å². The molecular formula is C29H32N2O5. The van der Waals surface area contributed by atoms with E-state index in [9.17, 15) is 14.4 Å². The minimum Gasteiger partial charge on any atom is -0.462 e. The number of ether oxygens (including phenoxy) is 2. The molecule has 0 aromatic heterocycles. The SMILES string of the molecule is CCOC(=O)c1cc(N(C)C(=O)OC(C)(C)C)ccc1NC(=O)/C=C(/C)c1ccc2ccccc2c1. The van der Waals surface area contributed by atoms with Crippen molar-refractivity contribution in [2.45, 2.75) is 40.2 Å². The molecule has 188 valence electrons. The van der Waals surface area contributed by atoms with Crippen LogP contribution in [0.1, 0.15) is 50.5 Å². The van der Waals surface area contributed by atoms with E-state index in [4.69, 9.17) is 9.47 Å². The number of anilines is 2. The number of carbonyl (C=O) groups is 3. The predicted octanol–water partition coefficient (Wildman–Crippen LogP) is 6.43. The van der Waals surface area contributed by atoms with Crippen molar-refractivity contribution >= 4 is 45.7 Å². The molecule has 0 aliphatic rings. The van der Waals surface area contributed by atoms with E-state index in [2.05, 4.69) is 5.32 Å². The van der Waals surface area contributed by atoms with Crippen LogP contribution >= 0.6 is 0 Å². The van der Waals surface area contributed by atoms with Gasteiger partial charge in [-0.15, -0.1) is 0 Å². The summed E-state index contributed by atoms with van der Waals surface area (Å²) >= 11 is 0. The third-order valence-corrected chi connectivity index (χ3v) is 5.36. The monoisotopic (exact) mass is 488 g/mol. The van der Waals surface area contributed by atoms with Gasteiger partial charge in [0, 0.05) is 18.8 Å². The molecular weight excluding hydrogens is 456 g/mol. The average molecular weight is 489 g/mol. The molecule has 2 amide bonds. The number of rotatable bonds is 6. The molecule has 0 saturated carbocycles. The van der Waals surface area contributed by atoms with E-state index in [0.717, 1.165) is 21.9 Å². The van der Waals surface area contributed by atoms with Crippen LogP contribution < -0.4 is 10.2 Å². The van der Waals surface area contributed by atoms with E-state index in [1.54, 1.807) is 46.9 Å². The highest BCUT2D eigenvalue weighted by Crippen LogP contribution is 2.26. The first kappa shape index (κ1) is 26.5. The fourth-order valence-corrected chi connectivity index (χ4v) is 3.55. The molecule has 36 heavy (non-hydrogen) atoms. The smallest absolute Gasteiger partial charge is 0.414 e. The molecule has 7 nitrogen and oxygen atoms in total. The van der Waals surface area contributed by atoms with Gasteiger partial charge in [0.05, 0.1) is 17.9 Å². The number of benzene rings is 3. The Hall–Kier alpha value is -4.13. The Labute approximate surface area is 211 Å². The summed E-state index contributed by atoms with van der Waals surface area (Å²) in [5, 5.41) is 4.97. The Morgan fingerprint density at radius 1 is 0.972 bits per heavy atom. The summed E-state index contributed by atoms with van der Waals surface area (Å²) in [7, 11) is 1.55. The number of hydrogen-bond donors (Lipinski definition) is 1. The van der Waals surface area contributed by atoms with E-state index in [1.165, 1.54) is 17.0 Å². The van der Waals surface area contributed by atoms with Gasteiger partial charge < -0.3 is 14.8 Å². The number of nitrogens with one attached hydrogen (secondary N) is 1. The molecule has 3 rings (SSSR count). The number of hydrogen-bond acceptors (Lipinski definition) is 5. The molecule has 0 atom stereocenters. The largest absolute Gasteiger partial charge is 0.462 e. The van der Waals surface area contributed by atoms with Crippen LogP contribution in [0.4, 0.5) is 16.2 Å². The van der Waals surface area contributed by atoms with Crippen molar-refractivity contribution in [1.29, 1.82) is 0 Å². The van der Waals surface area contributed by atoms with Crippen LogP contribution in [0, 0.1) is 0 Å². The van der Waals surface area contributed by atoms with Crippen LogP contribution in [-0.2, 0) is 14.3 Å². The number of nitrogens with zero attached hydrogens (tertiary/aromatic N) is 1. The molecule has 0 unspecified atom stereocenters. The highest BCUT2D eigenvalue weighted by atomic mass is 16.6. The third-order valence-electron chi connectivity index (χ3n) is 5.36. The van der Waals surface area contributed by atoms with Gasteiger partial charge >= 0.3 is 12.1 Å². The van der Waals surface area contributed by atoms with Crippen molar-refractivity contribution in [3.63, 3.8) is 0 Å². The standard InChI is InChI=1S/C29H32N2O5/c1-7-35-27(33)24-18-23(31(6)28(34)36-29(3,4)5)14-15-25(24)30-26(32)16-19(2)21-13-12-20-10-8-9-11-22(20)17-21/h8-18H,7H2,1-6H3,(H,30,32)/b19-16-. The van der Waals surface area contributed by atoms with Gasteiger partial charge in [-0.25, -0.2) is 9.59 Å². The van der Waals surface area contributed by atoms with Crippen molar-refractivity contribution < 1.29 is 23.9 Å². The molecule has 0 fully saturated rings. The quantitative estimate of drug-likeness (QED) is 0.319. The lowest BCUT2D eigenvalue weighted by atomic mass is 10.0. The van der Waals surface area contributed by atoms with E-state index in [-0.39, 0.29) is 23.8 Å². The molecule has 0 aliphatic heterocycles. The summed E-state index contributed by atoms with van der Waals surface area (Å²) in [6.45, 7) is 9.04. The summed E-state index contributed by atoms with van der Waals surface area (Å²) in [4.78, 5) is 39.3. The fraction of sp³-hybridized carbons (Fsp3) is 0.276. The number of fused-ring (bicyclic) bond motifs is 1. The van der Waals surface area contributed by atoms with Gasteiger partial charge in [-0.05, 0) is 80.8 Å². The van der Waals surface area contributed by atoms with Crippen LogP contribution in [0.15, 0.2) is 66.7 Å². The van der Waals surface area contributed by atoms with E-state index in [0.29, 0.717) is 5.69 Å². The molecule has 0 spiro atoms. The summed E-state index contributed by atoms with van der Waals surface area (Å²) in [5.74, 6) is -0.998. The predicted molar refractivity (Wildman–Crippen MR) is 143 cm³/mol. The minimum absolute atomic E-state index is 0.134. The zero-order chi connectivity index (χ0) is 26.5. The minimum atomic E-state index is -0.668. The highest BCUT2D eigenvalue weighted by Gasteiger charge is 2.23. The second-order valence-electron chi connectivity index (χ2n) is 9.37. The molecule has 0 radical (unpaired) electrons. The van der Waals surface area contributed by atoms with Gasteiger partial charge in [0.15, 0.2) is 0 Å². The van der Waals surface area contributed by atoms with Crippen LogP contribution in [0.5, 0.6) is 0 Å². The summed E-state index contributed by atoms with van der Waals surface area (Å²) in [5.41, 5.74) is 1.87. The number of amides is 2. The average Bonchev–Trinajstić information content (AvgIpc) is 2.82. The van der Waals surface area contributed by atoms with E-state index >= 15 is 0 Å². The molecule has 0 bridgehead atoms. The summed E-state index contributed by atoms with van der Waals surface area (Å²) < 4.78 is 10.6. The van der Waals surface area contributed by atoms with Gasteiger partial charge in [0.2, 0.25) is 5.91 Å². The zero-order valence-corrected chi connectivity index (χ0v) is 21.5. The first-order valence-corrected chi connectivity index (χ1v) is 11.7. The van der Waals surface area contributed by atoms with Crippen molar-refractivity contribution in [2.75, 3.05) is 23.9 Å². The Bertz CT molecular complexity index is 1320. The maximum atomic E-state index is 12.9. The Kier molecular flexibility index (Phi) is 8.14. The Morgan fingerprint density at radius 3 is 2.33 bits per heavy atom. The Balaban J connectivity index is 1.86. The lowest BCUT2D eigenvalue weighted by Gasteiger charge is -2.25. The lowest BCUT2D eigenvalue weighted by molar-refractivity contribution is -0.111. The van der Waals surface area contributed by atoms with Crippen LogP contribution in [0.2, 0.25) is 0 Å². The highest BCUT2D eigenvalue weighted by molar-refractivity contribution is 6.08. The summed E-state index contributed by atoms with van der Waals surface area (Å²) in [6.07, 6.45) is 0.919. The van der Waals surface area contributed by atoms with Gasteiger partial charge in [-0.1, -0.05) is 36.4 Å². The normalized spacial score (nSPS) is 11.7. The number of allylic oxidation sites excluding steroid dienone is 1. The number of esters is 1. The van der Waals surface area contributed by atoms with Gasteiger partial charge in [-0.2, -0.15) is 0 Å². The van der Waals surface area contributed by atoms with Crippen LogP contribution in [0.25, 0.3) is 16.3 Å². The van der Waals surface area contributed by atoms with Crippen molar-refractivity contribution in [1.82, 2.24) is 0 Å². The number of carbonyl (C=O) groups excluding carboxylic acids is 3. The lowest BCUT2D eigenvalue weighted by Crippen LogP contribution is -2.34. The molecule has 0 heterocycles. The van der Waals surface area contributed by atoms with Crippen molar-refractivity contribution in [3.05, 3.63) is 77.9 Å². The molecule has 7 heteroatoms. The van der Waals surface area contributed by atoms with Crippen LogP contribution in [0.3, 0.4) is 0 Å². The van der Waals surface area contributed by atoms with Gasteiger partial charge in [0.25, 0.3) is 0 Å². The molecule has 3 aromatic rings. The van der Waals surface area contributed by atoms with Crippen molar-refractivity contribution in [3.8, 4) is 0 Å². The Morgan fingerprint density at radius 2 is 1.67 bits per heavy atom. The maximum absolute atomic E-state index is 12.9. The second-order valence-corrected chi connectivity index (χ2v) is 9.37. The molecule has 0 saturated heterocycles. The molecule has 3 aromatic carbocycles. The van der Waals surface area contributed by atoms with Gasteiger partial charge in [0.1, 0.15) is 5.60 Å². The third kappa shape index (κ3) is 6.72. The van der Waals surface area contributed by atoms with Gasteiger partial charge in [-0.3, -0.25) is 9.69 Å². The summed E-state index contributed by atoms with van der Waals surface area (Å²) in [6, 6.07) is 18.7. The first-order valence-electron chi connectivity index (χ1n) is 11.7.